The van der Waals surface area contributed by atoms with Gasteiger partial charge in [-0.2, -0.15) is 0 Å². The van der Waals surface area contributed by atoms with E-state index < -0.39 is 30.0 Å². The van der Waals surface area contributed by atoms with Gasteiger partial charge in [0.2, 0.25) is 5.76 Å². The fourth-order valence-corrected chi connectivity index (χ4v) is 3.28. The van der Waals surface area contributed by atoms with Gasteiger partial charge < -0.3 is 28.7 Å². The maximum absolute atomic E-state index is 12.9. The number of urea groups is 1. The van der Waals surface area contributed by atoms with Gasteiger partial charge in [0.15, 0.2) is 17.6 Å². The highest BCUT2D eigenvalue weighted by Gasteiger charge is 2.35. The Hall–Kier alpha value is -3.99. The molecule has 34 heavy (non-hydrogen) atoms. The molecule has 180 valence electrons. The Bertz CT molecular complexity index is 1170. The number of methoxy groups -OCH3 is 3. The molecule has 11 nitrogen and oxygen atoms in total. The van der Waals surface area contributed by atoms with E-state index in [0.29, 0.717) is 0 Å². The van der Waals surface area contributed by atoms with Crippen molar-refractivity contribution in [3.05, 3.63) is 52.1 Å². The van der Waals surface area contributed by atoms with Crippen LogP contribution in [0.1, 0.15) is 28.8 Å². The van der Waals surface area contributed by atoms with E-state index in [0.717, 1.165) is 4.90 Å². The van der Waals surface area contributed by atoms with Gasteiger partial charge in [-0.1, -0.05) is 11.6 Å². The van der Waals surface area contributed by atoms with Crippen molar-refractivity contribution in [2.75, 3.05) is 21.3 Å². The summed E-state index contributed by atoms with van der Waals surface area (Å²) in [6.07, 6.45) is 0.348. The first-order valence-corrected chi connectivity index (χ1v) is 10.2. The highest BCUT2D eigenvalue weighted by atomic mass is 35.5. The van der Waals surface area contributed by atoms with Crippen LogP contribution in [-0.2, 0) is 25.6 Å². The van der Waals surface area contributed by atoms with Crippen molar-refractivity contribution >= 4 is 41.6 Å². The topological polar surface area (TPSA) is 134 Å². The number of hydrogen-bond acceptors (Lipinski definition) is 9. The van der Waals surface area contributed by atoms with Crippen molar-refractivity contribution in [1.82, 2.24) is 10.2 Å². The van der Waals surface area contributed by atoms with Crippen molar-refractivity contribution in [2.24, 2.45) is 0 Å². The van der Waals surface area contributed by atoms with Crippen LogP contribution in [0.5, 0.6) is 11.5 Å². The summed E-state index contributed by atoms with van der Waals surface area (Å²) in [6, 6.07) is 5.08. The highest BCUT2D eigenvalue weighted by molar-refractivity contribution is 6.31. The molecule has 0 unspecified atom stereocenters. The number of hydrogen-bond donors (Lipinski definition) is 1. The first kappa shape index (κ1) is 24.6. The Labute approximate surface area is 199 Å². The third kappa shape index (κ3) is 5.15. The molecule has 1 aromatic heterocycles. The van der Waals surface area contributed by atoms with E-state index in [4.69, 9.17) is 25.5 Å². The minimum absolute atomic E-state index is 0.0622. The number of carbonyl (C=O) groups is 4. The number of nitrogens with zero attached hydrogens (tertiary/aromatic N) is 1. The lowest BCUT2D eigenvalue weighted by Gasteiger charge is -2.18. The van der Waals surface area contributed by atoms with Crippen LogP contribution in [0.25, 0.3) is 6.08 Å². The predicted octanol–water partition coefficient (Wildman–Crippen LogP) is 2.76. The quantitative estimate of drug-likeness (QED) is 0.335. The summed E-state index contributed by atoms with van der Waals surface area (Å²) < 4.78 is 25.6. The molecule has 0 spiro atoms. The first-order valence-electron chi connectivity index (χ1n) is 9.82. The molecule has 0 aliphatic carbocycles. The van der Waals surface area contributed by atoms with Crippen LogP contribution >= 0.6 is 11.6 Å². The lowest BCUT2D eigenvalue weighted by Crippen LogP contribution is -2.30. The largest absolute Gasteiger partial charge is 0.493 e. The van der Waals surface area contributed by atoms with E-state index in [1.54, 1.807) is 0 Å². The van der Waals surface area contributed by atoms with Crippen LogP contribution in [0.2, 0.25) is 5.02 Å². The average molecular weight is 493 g/mol. The maximum atomic E-state index is 12.9. The van der Waals surface area contributed by atoms with E-state index in [1.807, 2.05) is 0 Å². The molecular formula is C22H21ClN2O9. The van der Waals surface area contributed by atoms with Gasteiger partial charge in [0.05, 0.1) is 27.9 Å². The molecule has 3 rings (SSSR count). The number of benzene rings is 1. The molecule has 2 heterocycles. The summed E-state index contributed by atoms with van der Waals surface area (Å²) in [5, 5.41) is 2.73. The number of ether oxygens (including phenoxy) is 4. The van der Waals surface area contributed by atoms with Gasteiger partial charge in [0.1, 0.15) is 11.5 Å². The number of nitrogens with one attached hydrogen (secondary N) is 1. The van der Waals surface area contributed by atoms with Gasteiger partial charge >= 0.3 is 18.0 Å². The second-order valence-electron chi connectivity index (χ2n) is 6.95. The molecule has 1 N–H and O–H groups in total. The van der Waals surface area contributed by atoms with Gasteiger partial charge in [-0.05, 0) is 31.2 Å². The number of halogens is 1. The zero-order chi connectivity index (χ0) is 25.0. The van der Waals surface area contributed by atoms with Crippen LogP contribution in [0.15, 0.2) is 34.4 Å². The Kier molecular flexibility index (Phi) is 7.47. The van der Waals surface area contributed by atoms with Crippen LogP contribution < -0.4 is 14.8 Å². The average Bonchev–Trinajstić information content (AvgIpc) is 3.39. The van der Waals surface area contributed by atoms with Gasteiger partial charge in [-0.15, -0.1) is 0 Å². The van der Waals surface area contributed by atoms with Crippen LogP contribution in [0.4, 0.5) is 4.79 Å². The number of esters is 2. The summed E-state index contributed by atoms with van der Waals surface area (Å²) in [5.41, 5.74) is 0.196. The Morgan fingerprint density at radius 2 is 1.91 bits per heavy atom. The number of furan rings is 1. The molecule has 3 amide bonds. The fraction of sp³-hybridized carbons (Fsp3) is 0.273. The SMILES string of the molecule is COC(=O)c1ccc(CN2C(=O)N/C(=C/c3cc(Cl)cc(OC)c3O[C@@H](C)C(=O)OC)C2=O)o1. The van der Waals surface area contributed by atoms with Crippen molar-refractivity contribution in [1.29, 1.82) is 0 Å². The van der Waals surface area contributed by atoms with Crippen LogP contribution in [0.3, 0.4) is 0 Å². The molecular weight excluding hydrogens is 472 g/mol. The lowest BCUT2D eigenvalue weighted by molar-refractivity contribution is -0.148. The van der Waals surface area contributed by atoms with Crippen molar-refractivity contribution in [3.8, 4) is 11.5 Å². The molecule has 12 heteroatoms. The molecule has 0 bridgehead atoms. The normalized spacial score (nSPS) is 15.2. The smallest absolute Gasteiger partial charge is 0.373 e. The zero-order valence-corrected chi connectivity index (χ0v) is 19.4. The van der Waals surface area contributed by atoms with Crippen LogP contribution in [-0.4, -0.2) is 56.2 Å². The van der Waals surface area contributed by atoms with E-state index in [9.17, 15) is 19.2 Å². The fourth-order valence-electron chi connectivity index (χ4n) is 3.06. The van der Waals surface area contributed by atoms with E-state index in [1.165, 1.54) is 58.6 Å². The second-order valence-corrected chi connectivity index (χ2v) is 7.38. The number of rotatable bonds is 8. The molecule has 1 aromatic carbocycles. The zero-order valence-electron chi connectivity index (χ0n) is 18.7. The molecule has 1 fully saturated rings. The van der Waals surface area contributed by atoms with E-state index in [-0.39, 0.29) is 45.8 Å². The Balaban J connectivity index is 1.90. The maximum Gasteiger partial charge on any atom is 0.373 e. The summed E-state index contributed by atoms with van der Waals surface area (Å²) in [4.78, 5) is 49.6. The van der Waals surface area contributed by atoms with E-state index in [2.05, 4.69) is 14.8 Å². The van der Waals surface area contributed by atoms with Gasteiger partial charge in [0, 0.05) is 16.7 Å². The minimum atomic E-state index is -0.995. The number of amides is 3. The number of carbonyl (C=O) groups excluding carboxylic acids is 4. The summed E-state index contributed by atoms with van der Waals surface area (Å²) in [6.45, 7) is 1.26. The molecule has 1 saturated heterocycles. The summed E-state index contributed by atoms with van der Waals surface area (Å²) in [5.74, 6) is -1.52. The van der Waals surface area contributed by atoms with Crippen LogP contribution in [0, 0.1) is 0 Å². The molecule has 1 atom stereocenters. The summed E-state index contributed by atoms with van der Waals surface area (Å²) >= 11 is 6.16. The molecule has 0 radical (unpaired) electrons. The molecule has 2 aromatic rings. The highest BCUT2D eigenvalue weighted by Crippen LogP contribution is 2.37. The molecule has 1 aliphatic heterocycles. The first-order chi connectivity index (χ1) is 16.2. The standard InChI is InChI=1S/C22H21ClN2O9/c1-11(20(27)31-3)33-18-12(7-13(23)9-17(18)30-2)8-15-19(26)25(22(29)24-15)10-14-5-6-16(34-14)21(28)32-4/h5-9,11H,10H2,1-4H3,(H,24,29)/b15-8+/t11-/m0/s1. The van der Waals surface area contributed by atoms with Crippen molar-refractivity contribution < 1.29 is 42.5 Å². The third-order valence-electron chi connectivity index (χ3n) is 4.72. The van der Waals surface area contributed by atoms with Crippen molar-refractivity contribution in [3.63, 3.8) is 0 Å². The Morgan fingerprint density at radius 3 is 2.56 bits per heavy atom. The molecule has 0 saturated carbocycles. The third-order valence-corrected chi connectivity index (χ3v) is 4.94. The number of imide groups is 1. The lowest BCUT2D eigenvalue weighted by atomic mass is 10.1. The molecule has 1 aliphatic rings. The van der Waals surface area contributed by atoms with E-state index >= 15 is 0 Å². The second kappa shape index (κ2) is 10.3. The summed E-state index contributed by atoms with van der Waals surface area (Å²) in [7, 11) is 3.81. The van der Waals surface area contributed by atoms with Crippen molar-refractivity contribution in [2.45, 2.75) is 19.6 Å². The van der Waals surface area contributed by atoms with Gasteiger partial charge in [-0.25, -0.2) is 14.4 Å². The monoisotopic (exact) mass is 492 g/mol. The minimum Gasteiger partial charge on any atom is -0.493 e. The predicted molar refractivity (Wildman–Crippen MR) is 117 cm³/mol. The van der Waals surface area contributed by atoms with Gasteiger partial charge in [-0.3, -0.25) is 9.69 Å². The van der Waals surface area contributed by atoms with Gasteiger partial charge in [0.25, 0.3) is 5.91 Å². The Morgan fingerprint density at radius 1 is 1.18 bits per heavy atom.